The molecule has 0 saturated heterocycles. The molecular formula is C14H20N2S. The molecule has 1 N–H and O–H groups in total. The lowest BCUT2D eigenvalue weighted by Crippen LogP contribution is -2.12. The maximum absolute atomic E-state index is 4.72. The number of hydrogen-bond donors (Lipinski definition) is 1. The number of nitrogens with one attached hydrogen (secondary N) is 1. The van der Waals surface area contributed by atoms with Crippen molar-refractivity contribution in [1.82, 2.24) is 0 Å². The number of nitrogens with zero attached hydrogens (tertiary/aromatic N) is 1. The molecule has 0 radical (unpaired) electrons. The molecule has 0 saturated carbocycles. The summed E-state index contributed by atoms with van der Waals surface area (Å²) in [6.07, 6.45) is 0. The number of rotatable bonds is 2. The van der Waals surface area contributed by atoms with E-state index in [1.165, 1.54) is 16.8 Å². The first-order chi connectivity index (χ1) is 8.08. The molecule has 0 aliphatic carbocycles. The Balaban J connectivity index is 2.12. The standard InChI is InChI=1S/C14H20N2S/c1-9(2)13-8-17-14(16-13)15-12-7-5-6-10(3)11(12)4/h5-7,9,13H,8H2,1-4H3,(H,15,16). The number of anilines is 1. The summed E-state index contributed by atoms with van der Waals surface area (Å²) >= 11 is 1.83. The second-order valence-electron chi connectivity index (χ2n) is 4.93. The van der Waals surface area contributed by atoms with Crippen molar-refractivity contribution in [1.29, 1.82) is 0 Å². The maximum Gasteiger partial charge on any atom is 0.161 e. The normalized spacial score (nSPS) is 19.6. The highest BCUT2D eigenvalue weighted by molar-refractivity contribution is 8.14. The zero-order valence-corrected chi connectivity index (χ0v) is 11.8. The molecule has 17 heavy (non-hydrogen) atoms. The average Bonchev–Trinajstić information content (AvgIpc) is 2.73. The van der Waals surface area contributed by atoms with E-state index in [-0.39, 0.29) is 0 Å². The smallest absolute Gasteiger partial charge is 0.161 e. The monoisotopic (exact) mass is 248 g/mol. The van der Waals surface area contributed by atoms with Crippen molar-refractivity contribution in [3.63, 3.8) is 0 Å². The number of aliphatic imine (C=N–C) groups is 1. The molecule has 1 unspecified atom stereocenters. The third-order valence-corrected chi connectivity index (χ3v) is 4.28. The van der Waals surface area contributed by atoms with Crippen molar-refractivity contribution >= 4 is 22.6 Å². The van der Waals surface area contributed by atoms with Crippen molar-refractivity contribution in [2.24, 2.45) is 10.9 Å². The van der Waals surface area contributed by atoms with Gasteiger partial charge >= 0.3 is 0 Å². The van der Waals surface area contributed by atoms with Crippen LogP contribution in [0.2, 0.25) is 0 Å². The third-order valence-electron chi connectivity index (χ3n) is 3.29. The molecule has 1 aromatic carbocycles. The van der Waals surface area contributed by atoms with Gasteiger partial charge in [-0.2, -0.15) is 0 Å². The van der Waals surface area contributed by atoms with Gasteiger partial charge < -0.3 is 5.32 Å². The fourth-order valence-electron chi connectivity index (χ4n) is 1.80. The van der Waals surface area contributed by atoms with Gasteiger partial charge in [-0.3, -0.25) is 4.99 Å². The first kappa shape index (κ1) is 12.5. The minimum Gasteiger partial charge on any atom is -0.335 e. The largest absolute Gasteiger partial charge is 0.335 e. The lowest BCUT2D eigenvalue weighted by molar-refractivity contribution is 0.543. The van der Waals surface area contributed by atoms with Gasteiger partial charge in [0.2, 0.25) is 0 Å². The summed E-state index contributed by atoms with van der Waals surface area (Å²) in [5.41, 5.74) is 3.81. The maximum atomic E-state index is 4.72. The minimum absolute atomic E-state index is 0.465. The van der Waals surface area contributed by atoms with Gasteiger partial charge in [0, 0.05) is 11.4 Å². The summed E-state index contributed by atoms with van der Waals surface area (Å²) < 4.78 is 0. The van der Waals surface area contributed by atoms with E-state index in [9.17, 15) is 0 Å². The zero-order valence-electron chi connectivity index (χ0n) is 10.9. The highest BCUT2D eigenvalue weighted by Crippen LogP contribution is 2.26. The molecule has 0 aromatic heterocycles. The molecule has 92 valence electrons. The predicted molar refractivity (Wildman–Crippen MR) is 78.1 cm³/mol. The van der Waals surface area contributed by atoms with Crippen LogP contribution in [0, 0.1) is 19.8 Å². The van der Waals surface area contributed by atoms with Gasteiger partial charge in [0.1, 0.15) is 0 Å². The van der Waals surface area contributed by atoms with Crippen LogP contribution in [0.3, 0.4) is 0 Å². The topological polar surface area (TPSA) is 24.4 Å². The Morgan fingerprint density at radius 3 is 2.76 bits per heavy atom. The van der Waals surface area contributed by atoms with E-state index in [4.69, 9.17) is 4.99 Å². The second-order valence-corrected chi connectivity index (χ2v) is 5.94. The number of benzene rings is 1. The molecule has 2 rings (SSSR count). The van der Waals surface area contributed by atoms with Crippen LogP contribution in [0.5, 0.6) is 0 Å². The lowest BCUT2D eigenvalue weighted by Gasteiger charge is -2.10. The summed E-state index contributed by atoms with van der Waals surface area (Å²) in [7, 11) is 0. The molecule has 1 aromatic rings. The number of hydrogen-bond acceptors (Lipinski definition) is 3. The number of amidine groups is 1. The first-order valence-corrected chi connectivity index (χ1v) is 7.10. The van der Waals surface area contributed by atoms with Crippen LogP contribution in [0.15, 0.2) is 23.2 Å². The van der Waals surface area contributed by atoms with Crippen LogP contribution in [0.1, 0.15) is 25.0 Å². The fourth-order valence-corrected chi connectivity index (χ4v) is 2.98. The van der Waals surface area contributed by atoms with Crippen molar-refractivity contribution in [2.75, 3.05) is 11.1 Å². The van der Waals surface area contributed by atoms with E-state index in [0.29, 0.717) is 12.0 Å². The molecule has 0 amide bonds. The molecule has 0 spiro atoms. The molecule has 2 nitrogen and oxygen atoms in total. The van der Waals surface area contributed by atoms with E-state index in [1.807, 2.05) is 11.8 Å². The third kappa shape index (κ3) is 2.83. The van der Waals surface area contributed by atoms with Crippen LogP contribution < -0.4 is 5.32 Å². The van der Waals surface area contributed by atoms with Gasteiger partial charge in [-0.1, -0.05) is 37.7 Å². The molecule has 0 bridgehead atoms. The van der Waals surface area contributed by atoms with Crippen LogP contribution in [-0.4, -0.2) is 17.0 Å². The predicted octanol–water partition coefficient (Wildman–Crippen LogP) is 3.84. The molecule has 1 aliphatic rings. The van der Waals surface area contributed by atoms with Gasteiger partial charge in [-0.25, -0.2) is 0 Å². The Morgan fingerprint density at radius 2 is 2.12 bits per heavy atom. The summed E-state index contributed by atoms with van der Waals surface area (Å²) in [6, 6.07) is 6.81. The summed E-state index contributed by atoms with van der Waals surface area (Å²) in [5, 5.41) is 4.51. The Hall–Kier alpha value is -0.960. The van der Waals surface area contributed by atoms with Gasteiger partial charge in [-0.15, -0.1) is 0 Å². The molecule has 1 heterocycles. The zero-order chi connectivity index (χ0) is 12.4. The summed E-state index contributed by atoms with van der Waals surface area (Å²) in [5.74, 6) is 1.73. The molecular weight excluding hydrogens is 228 g/mol. The Kier molecular flexibility index (Phi) is 3.77. The van der Waals surface area contributed by atoms with Gasteiger partial charge in [0.25, 0.3) is 0 Å². The van der Waals surface area contributed by atoms with Gasteiger partial charge in [0.05, 0.1) is 6.04 Å². The average molecular weight is 248 g/mol. The van der Waals surface area contributed by atoms with Crippen molar-refractivity contribution < 1.29 is 0 Å². The van der Waals surface area contributed by atoms with Crippen molar-refractivity contribution in [2.45, 2.75) is 33.7 Å². The SMILES string of the molecule is Cc1cccc(NC2=NC(C(C)C)CS2)c1C. The minimum atomic E-state index is 0.465. The van der Waals surface area contributed by atoms with E-state index in [2.05, 4.69) is 51.2 Å². The van der Waals surface area contributed by atoms with Crippen LogP contribution in [0.25, 0.3) is 0 Å². The molecule has 3 heteroatoms. The fraction of sp³-hybridized carbons (Fsp3) is 0.500. The Bertz CT molecular complexity index is 438. The van der Waals surface area contributed by atoms with Crippen LogP contribution in [-0.2, 0) is 0 Å². The first-order valence-electron chi connectivity index (χ1n) is 6.11. The Labute approximate surface area is 108 Å². The molecule has 1 aliphatic heterocycles. The highest BCUT2D eigenvalue weighted by Gasteiger charge is 2.21. The summed E-state index contributed by atoms with van der Waals surface area (Å²) in [4.78, 5) is 4.72. The Morgan fingerprint density at radius 1 is 1.35 bits per heavy atom. The van der Waals surface area contributed by atoms with Crippen LogP contribution >= 0.6 is 11.8 Å². The second kappa shape index (κ2) is 5.13. The molecule has 1 atom stereocenters. The quantitative estimate of drug-likeness (QED) is 0.860. The summed E-state index contributed by atoms with van der Waals surface area (Å²) in [6.45, 7) is 8.75. The lowest BCUT2D eigenvalue weighted by atomic mass is 10.1. The van der Waals surface area contributed by atoms with Gasteiger partial charge in [-0.05, 0) is 37.0 Å². The van der Waals surface area contributed by atoms with Crippen LogP contribution in [0.4, 0.5) is 5.69 Å². The van der Waals surface area contributed by atoms with Gasteiger partial charge in [0.15, 0.2) is 5.17 Å². The van der Waals surface area contributed by atoms with E-state index < -0.39 is 0 Å². The number of thioether (sulfide) groups is 1. The van der Waals surface area contributed by atoms with E-state index in [1.54, 1.807) is 0 Å². The number of aryl methyl sites for hydroxylation is 1. The van der Waals surface area contributed by atoms with E-state index >= 15 is 0 Å². The van der Waals surface area contributed by atoms with E-state index in [0.717, 1.165) is 10.9 Å². The van der Waals surface area contributed by atoms with Crippen molar-refractivity contribution in [3.05, 3.63) is 29.3 Å². The van der Waals surface area contributed by atoms with Crippen molar-refractivity contribution in [3.8, 4) is 0 Å². The molecule has 0 fully saturated rings. The highest BCUT2D eigenvalue weighted by atomic mass is 32.2.